The first-order valence-electron chi connectivity index (χ1n) is 6.38. The topological polar surface area (TPSA) is 24.9 Å². The van der Waals surface area contributed by atoms with Crippen molar-refractivity contribution in [3.63, 3.8) is 0 Å². The molecule has 1 N–H and O–H groups in total. The number of nitrogens with zero attached hydrogens (tertiary/aromatic N) is 1. The van der Waals surface area contributed by atoms with Crippen LogP contribution in [0.25, 0.3) is 0 Å². The second-order valence-corrected chi connectivity index (χ2v) is 5.52. The molecule has 94 valence electrons. The molecule has 17 heavy (non-hydrogen) atoms. The lowest BCUT2D eigenvalue weighted by atomic mass is 9.92. The van der Waals surface area contributed by atoms with Gasteiger partial charge in [-0.3, -0.25) is 4.98 Å². The third-order valence-electron chi connectivity index (χ3n) is 4.07. The molecule has 0 aromatic carbocycles. The SMILES string of the molecule is CC(NCC1(C(C)C)CC1)c1ccc(F)cn1. The average Bonchev–Trinajstić information content (AvgIpc) is 3.08. The van der Waals surface area contributed by atoms with Crippen molar-refractivity contribution in [2.75, 3.05) is 6.54 Å². The molecule has 1 aromatic heterocycles. The third-order valence-corrected chi connectivity index (χ3v) is 4.07. The molecule has 0 amide bonds. The molecule has 1 fully saturated rings. The van der Waals surface area contributed by atoms with Crippen LogP contribution in [0.3, 0.4) is 0 Å². The molecule has 0 bridgehead atoms. The Balaban J connectivity index is 1.89. The predicted octanol–water partition coefficient (Wildman–Crippen LogP) is 3.31. The number of rotatable bonds is 5. The first-order valence-corrected chi connectivity index (χ1v) is 6.38. The summed E-state index contributed by atoms with van der Waals surface area (Å²) in [5.74, 6) is 0.449. The molecule has 1 saturated carbocycles. The van der Waals surface area contributed by atoms with Crippen molar-refractivity contribution >= 4 is 0 Å². The minimum atomic E-state index is -0.276. The van der Waals surface area contributed by atoms with E-state index in [9.17, 15) is 4.39 Å². The fourth-order valence-corrected chi connectivity index (χ4v) is 2.22. The molecule has 1 unspecified atom stereocenters. The van der Waals surface area contributed by atoms with Gasteiger partial charge in [-0.1, -0.05) is 13.8 Å². The number of nitrogens with one attached hydrogen (secondary N) is 1. The monoisotopic (exact) mass is 236 g/mol. The third kappa shape index (κ3) is 2.83. The molecular weight excluding hydrogens is 215 g/mol. The van der Waals surface area contributed by atoms with Crippen LogP contribution < -0.4 is 5.32 Å². The Morgan fingerprint density at radius 2 is 2.06 bits per heavy atom. The van der Waals surface area contributed by atoms with E-state index in [-0.39, 0.29) is 11.9 Å². The number of halogens is 1. The van der Waals surface area contributed by atoms with Crippen molar-refractivity contribution in [2.24, 2.45) is 11.3 Å². The van der Waals surface area contributed by atoms with E-state index in [1.165, 1.54) is 25.1 Å². The first kappa shape index (κ1) is 12.5. The van der Waals surface area contributed by atoms with Crippen molar-refractivity contribution < 1.29 is 4.39 Å². The zero-order valence-corrected chi connectivity index (χ0v) is 10.8. The standard InChI is InChI=1S/C14H21FN2/c1-10(2)14(6-7-14)9-17-11(3)13-5-4-12(15)8-16-13/h4-5,8,10-11,17H,6-7,9H2,1-3H3. The second kappa shape index (κ2) is 4.73. The largest absolute Gasteiger partial charge is 0.308 e. The molecule has 0 spiro atoms. The minimum Gasteiger partial charge on any atom is -0.308 e. The quantitative estimate of drug-likeness (QED) is 0.848. The molecule has 2 rings (SSSR count). The highest BCUT2D eigenvalue weighted by molar-refractivity contribution is 5.09. The molecule has 0 radical (unpaired) electrons. The van der Waals surface area contributed by atoms with Gasteiger partial charge < -0.3 is 5.32 Å². The Bertz CT molecular complexity index is 368. The summed E-state index contributed by atoms with van der Waals surface area (Å²) in [6.45, 7) is 7.69. The van der Waals surface area contributed by atoms with Crippen LogP contribution in [-0.2, 0) is 0 Å². The van der Waals surface area contributed by atoms with Crippen LogP contribution in [0, 0.1) is 17.2 Å². The highest BCUT2D eigenvalue weighted by atomic mass is 19.1. The van der Waals surface area contributed by atoms with Crippen LogP contribution >= 0.6 is 0 Å². The maximum atomic E-state index is 12.8. The molecule has 3 heteroatoms. The zero-order valence-electron chi connectivity index (χ0n) is 10.8. The van der Waals surface area contributed by atoms with E-state index >= 15 is 0 Å². The Morgan fingerprint density at radius 3 is 2.53 bits per heavy atom. The summed E-state index contributed by atoms with van der Waals surface area (Å²) < 4.78 is 12.8. The molecule has 0 saturated heterocycles. The smallest absolute Gasteiger partial charge is 0.141 e. The fourth-order valence-electron chi connectivity index (χ4n) is 2.22. The molecule has 1 aromatic rings. The van der Waals surface area contributed by atoms with Crippen molar-refractivity contribution in [1.29, 1.82) is 0 Å². The van der Waals surface area contributed by atoms with Gasteiger partial charge >= 0.3 is 0 Å². The van der Waals surface area contributed by atoms with Crippen molar-refractivity contribution in [3.05, 3.63) is 29.8 Å². The zero-order chi connectivity index (χ0) is 12.5. The van der Waals surface area contributed by atoms with Crippen molar-refractivity contribution in [3.8, 4) is 0 Å². The van der Waals surface area contributed by atoms with Crippen LogP contribution in [0.15, 0.2) is 18.3 Å². The molecule has 2 nitrogen and oxygen atoms in total. The second-order valence-electron chi connectivity index (χ2n) is 5.52. The van der Waals surface area contributed by atoms with E-state index in [4.69, 9.17) is 0 Å². The Morgan fingerprint density at radius 1 is 1.35 bits per heavy atom. The molecule has 1 aliphatic carbocycles. The summed E-state index contributed by atoms with van der Waals surface area (Å²) in [5.41, 5.74) is 1.40. The van der Waals surface area contributed by atoms with E-state index in [1.54, 1.807) is 6.07 Å². The lowest BCUT2D eigenvalue weighted by molar-refractivity contribution is 0.323. The molecular formula is C14H21FN2. The number of hydrogen-bond acceptors (Lipinski definition) is 2. The van der Waals surface area contributed by atoms with Crippen molar-refractivity contribution in [2.45, 2.75) is 39.7 Å². The van der Waals surface area contributed by atoms with Gasteiger partial charge in [0.05, 0.1) is 11.9 Å². The summed E-state index contributed by atoms with van der Waals surface area (Å²) in [5, 5.41) is 3.52. The summed E-state index contributed by atoms with van der Waals surface area (Å²) in [6, 6.07) is 3.41. The Hall–Kier alpha value is -0.960. The van der Waals surface area contributed by atoms with Gasteiger partial charge in [-0.25, -0.2) is 4.39 Å². The minimum absolute atomic E-state index is 0.187. The van der Waals surface area contributed by atoms with E-state index in [1.807, 2.05) is 0 Å². The lowest BCUT2D eigenvalue weighted by Crippen LogP contribution is -2.30. The van der Waals surface area contributed by atoms with Crippen LogP contribution in [0.5, 0.6) is 0 Å². The number of aromatic nitrogens is 1. The molecule has 0 aliphatic heterocycles. The predicted molar refractivity (Wildman–Crippen MR) is 67.1 cm³/mol. The van der Waals surface area contributed by atoms with Gasteiger partial charge in [0.1, 0.15) is 5.82 Å². The summed E-state index contributed by atoms with van der Waals surface area (Å²) >= 11 is 0. The van der Waals surface area contributed by atoms with Crippen molar-refractivity contribution in [1.82, 2.24) is 10.3 Å². The number of pyridine rings is 1. The van der Waals surface area contributed by atoms with E-state index in [0.29, 0.717) is 5.41 Å². The van der Waals surface area contributed by atoms with Crippen LogP contribution in [0.1, 0.15) is 45.3 Å². The van der Waals surface area contributed by atoms with E-state index in [0.717, 1.165) is 18.2 Å². The fraction of sp³-hybridized carbons (Fsp3) is 0.643. The Kier molecular flexibility index (Phi) is 3.48. The number of hydrogen-bond donors (Lipinski definition) is 1. The molecule has 1 atom stereocenters. The Labute approximate surface area is 103 Å². The van der Waals surface area contributed by atoms with Gasteiger partial charge in [-0.15, -0.1) is 0 Å². The highest BCUT2D eigenvalue weighted by Crippen LogP contribution is 2.51. The van der Waals surface area contributed by atoms with E-state index in [2.05, 4.69) is 31.1 Å². The molecule has 1 aliphatic rings. The summed E-state index contributed by atoms with van der Waals surface area (Å²) in [7, 11) is 0. The van der Waals surface area contributed by atoms with Gasteiger partial charge in [-0.2, -0.15) is 0 Å². The highest BCUT2D eigenvalue weighted by Gasteiger charge is 2.44. The maximum Gasteiger partial charge on any atom is 0.141 e. The van der Waals surface area contributed by atoms with Crippen LogP contribution in [-0.4, -0.2) is 11.5 Å². The first-order chi connectivity index (χ1) is 8.03. The van der Waals surface area contributed by atoms with Crippen LogP contribution in [0.4, 0.5) is 4.39 Å². The van der Waals surface area contributed by atoms with Gasteiger partial charge in [0.2, 0.25) is 0 Å². The van der Waals surface area contributed by atoms with E-state index < -0.39 is 0 Å². The van der Waals surface area contributed by atoms with Crippen LogP contribution in [0.2, 0.25) is 0 Å². The molecule has 1 heterocycles. The summed E-state index contributed by atoms with van der Waals surface area (Å²) in [6.07, 6.45) is 3.92. The summed E-state index contributed by atoms with van der Waals surface area (Å²) in [4.78, 5) is 4.11. The maximum absolute atomic E-state index is 12.8. The average molecular weight is 236 g/mol. The van der Waals surface area contributed by atoms with Gasteiger partial charge in [0, 0.05) is 12.6 Å². The van der Waals surface area contributed by atoms with Gasteiger partial charge in [-0.05, 0) is 43.2 Å². The lowest BCUT2D eigenvalue weighted by Gasteiger charge is -2.23. The van der Waals surface area contributed by atoms with Gasteiger partial charge in [0.25, 0.3) is 0 Å². The van der Waals surface area contributed by atoms with Gasteiger partial charge in [0.15, 0.2) is 0 Å². The normalized spacial score (nSPS) is 19.4.